The summed E-state index contributed by atoms with van der Waals surface area (Å²) in [6.45, 7) is 0. The Morgan fingerprint density at radius 3 is 1.97 bits per heavy atom. The Bertz CT molecular complexity index is 1500. The second-order valence-corrected chi connectivity index (χ2v) is 9.75. The molecule has 0 aromatic heterocycles. The van der Waals surface area contributed by atoms with Crippen molar-refractivity contribution < 1.29 is 40.1 Å². The van der Waals surface area contributed by atoms with Gasteiger partial charge in [0, 0.05) is 41.2 Å². The van der Waals surface area contributed by atoms with Crippen LogP contribution in [0.1, 0.15) is 52.4 Å². The zero-order chi connectivity index (χ0) is 26.6. The van der Waals surface area contributed by atoms with E-state index in [0.717, 1.165) is 11.1 Å². The molecule has 8 heteroatoms. The van der Waals surface area contributed by atoms with Crippen molar-refractivity contribution in [1.29, 1.82) is 0 Å². The van der Waals surface area contributed by atoms with Crippen LogP contribution in [0, 0.1) is 0 Å². The van der Waals surface area contributed by atoms with Crippen LogP contribution in [-0.4, -0.2) is 36.7 Å². The van der Waals surface area contributed by atoms with Crippen LogP contribution in [0.3, 0.4) is 0 Å². The zero-order valence-electron chi connectivity index (χ0n) is 20.2. The summed E-state index contributed by atoms with van der Waals surface area (Å²) in [5, 5.41) is 62.4. The summed E-state index contributed by atoms with van der Waals surface area (Å²) in [6, 6.07) is 19.0. The van der Waals surface area contributed by atoms with Crippen LogP contribution in [0.5, 0.6) is 40.2 Å². The quantitative estimate of drug-likeness (QED) is 0.227. The fraction of sp³-hybridized carbons (Fsp3) is 0.200. The lowest BCUT2D eigenvalue weighted by atomic mass is 9.79. The molecule has 2 heterocycles. The highest BCUT2D eigenvalue weighted by Gasteiger charge is 2.39. The zero-order valence-corrected chi connectivity index (χ0v) is 20.2. The van der Waals surface area contributed by atoms with Crippen molar-refractivity contribution in [3.8, 4) is 40.2 Å². The second kappa shape index (κ2) is 9.08. The topological polar surface area (TPSA) is 140 Å². The minimum Gasteiger partial charge on any atom is -0.508 e. The molecule has 0 bridgehead atoms. The highest BCUT2D eigenvalue weighted by molar-refractivity contribution is 5.63. The van der Waals surface area contributed by atoms with Crippen molar-refractivity contribution in [3.05, 3.63) is 101 Å². The van der Waals surface area contributed by atoms with E-state index in [1.165, 1.54) is 24.3 Å². The third kappa shape index (κ3) is 4.09. The van der Waals surface area contributed by atoms with Gasteiger partial charge in [-0.05, 0) is 47.9 Å². The number of phenolic OH excluding ortho intramolecular Hbond substituents is 5. The van der Waals surface area contributed by atoms with Gasteiger partial charge in [0.1, 0.15) is 52.5 Å². The van der Waals surface area contributed by atoms with E-state index < -0.39 is 24.2 Å². The van der Waals surface area contributed by atoms with Crippen LogP contribution < -0.4 is 9.47 Å². The summed E-state index contributed by atoms with van der Waals surface area (Å²) in [6.07, 6.45) is -1.76. The molecule has 38 heavy (non-hydrogen) atoms. The van der Waals surface area contributed by atoms with E-state index in [-0.39, 0.29) is 40.9 Å². The lowest BCUT2D eigenvalue weighted by Crippen LogP contribution is -2.31. The first kappa shape index (κ1) is 23.8. The van der Waals surface area contributed by atoms with Crippen molar-refractivity contribution >= 4 is 0 Å². The SMILES string of the molecule is Oc1ccc([C@@H]2C[C@H](c3c(O)cc(O)c4c3O[C@H](c3ccc(O)cc3)[C@H](O)C4)c3ccc(O)cc3O2)cc1. The van der Waals surface area contributed by atoms with Crippen LogP contribution in [0.2, 0.25) is 0 Å². The Morgan fingerprint density at radius 2 is 1.29 bits per heavy atom. The molecule has 4 aromatic carbocycles. The van der Waals surface area contributed by atoms with Gasteiger partial charge in [0.05, 0.1) is 6.10 Å². The largest absolute Gasteiger partial charge is 0.508 e. The minimum atomic E-state index is -0.973. The number of rotatable bonds is 3. The Kier molecular flexibility index (Phi) is 5.69. The van der Waals surface area contributed by atoms with E-state index in [1.807, 2.05) is 0 Å². The monoisotopic (exact) mass is 514 g/mol. The molecule has 4 aromatic rings. The maximum Gasteiger partial charge on any atom is 0.150 e. The molecule has 0 unspecified atom stereocenters. The summed E-state index contributed by atoms with van der Waals surface area (Å²) in [5.74, 6) is 0.137. The van der Waals surface area contributed by atoms with E-state index in [2.05, 4.69) is 0 Å². The van der Waals surface area contributed by atoms with E-state index in [0.29, 0.717) is 28.9 Å². The van der Waals surface area contributed by atoms with Crippen LogP contribution in [-0.2, 0) is 6.42 Å². The molecule has 6 rings (SSSR count). The van der Waals surface area contributed by atoms with Crippen LogP contribution in [0.25, 0.3) is 0 Å². The molecule has 6 N–H and O–H groups in total. The fourth-order valence-corrected chi connectivity index (χ4v) is 5.46. The number of phenols is 5. The second-order valence-electron chi connectivity index (χ2n) is 9.75. The average Bonchev–Trinajstić information content (AvgIpc) is 2.89. The number of hydrogen-bond donors (Lipinski definition) is 6. The lowest BCUT2D eigenvalue weighted by molar-refractivity contribution is 0.0186. The van der Waals surface area contributed by atoms with Gasteiger partial charge in [-0.25, -0.2) is 0 Å². The van der Waals surface area contributed by atoms with E-state index in [1.54, 1.807) is 48.5 Å². The number of aliphatic hydroxyl groups is 1. The molecule has 0 aliphatic carbocycles. The molecule has 194 valence electrons. The van der Waals surface area contributed by atoms with Crippen molar-refractivity contribution in [3.63, 3.8) is 0 Å². The molecule has 0 radical (unpaired) electrons. The van der Waals surface area contributed by atoms with Gasteiger partial charge in [0.2, 0.25) is 0 Å². The smallest absolute Gasteiger partial charge is 0.150 e. The number of hydrogen-bond acceptors (Lipinski definition) is 8. The molecule has 4 atom stereocenters. The first-order chi connectivity index (χ1) is 18.3. The van der Waals surface area contributed by atoms with Crippen LogP contribution in [0.4, 0.5) is 0 Å². The van der Waals surface area contributed by atoms with Crippen molar-refractivity contribution in [2.75, 3.05) is 0 Å². The summed E-state index contributed by atoms with van der Waals surface area (Å²) in [7, 11) is 0. The third-order valence-electron chi connectivity index (χ3n) is 7.31. The Balaban J connectivity index is 1.49. The molecule has 0 fully saturated rings. The summed E-state index contributed by atoms with van der Waals surface area (Å²) < 4.78 is 12.6. The highest BCUT2D eigenvalue weighted by atomic mass is 16.5. The van der Waals surface area contributed by atoms with Crippen LogP contribution >= 0.6 is 0 Å². The minimum absolute atomic E-state index is 0.0255. The number of aliphatic hydroxyl groups excluding tert-OH is 1. The highest BCUT2D eigenvalue weighted by Crippen LogP contribution is 2.54. The van der Waals surface area contributed by atoms with Gasteiger partial charge < -0.3 is 40.1 Å². The molecule has 0 amide bonds. The maximum absolute atomic E-state index is 11.2. The number of ether oxygens (including phenoxy) is 2. The van der Waals surface area contributed by atoms with Gasteiger partial charge in [-0.1, -0.05) is 30.3 Å². The molecular weight excluding hydrogens is 488 g/mol. The maximum atomic E-state index is 11.2. The van der Waals surface area contributed by atoms with E-state index >= 15 is 0 Å². The summed E-state index contributed by atoms with van der Waals surface area (Å²) in [5.41, 5.74) is 2.97. The van der Waals surface area contributed by atoms with Gasteiger partial charge in [0.15, 0.2) is 0 Å². The van der Waals surface area contributed by atoms with Crippen molar-refractivity contribution in [2.45, 2.75) is 37.1 Å². The summed E-state index contributed by atoms with van der Waals surface area (Å²) in [4.78, 5) is 0. The van der Waals surface area contributed by atoms with E-state index in [4.69, 9.17) is 9.47 Å². The first-order valence-electron chi connectivity index (χ1n) is 12.3. The lowest BCUT2D eigenvalue weighted by Gasteiger charge is -2.37. The molecule has 0 spiro atoms. The standard InChI is InChI=1S/C30H26O8/c31-17-5-1-15(2-6-17)26-13-21(20-10-9-19(33)11-27(20)37-26)28-24(35)14-23(34)22-12-25(36)29(38-30(22)28)16-3-7-18(32)8-4-16/h1-11,14,21,25-26,29,31-36H,12-13H2/t21-,25+,26-,29+/m0/s1. The normalized spacial score (nSPS) is 22.0. The average molecular weight is 515 g/mol. The first-order valence-corrected chi connectivity index (χ1v) is 12.3. The number of aromatic hydroxyl groups is 5. The third-order valence-corrected chi connectivity index (χ3v) is 7.31. The Labute approximate surface area is 218 Å². The van der Waals surface area contributed by atoms with Crippen molar-refractivity contribution in [1.82, 2.24) is 0 Å². The van der Waals surface area contributed by atoms with Gasteiger partial charge in [-0.3, -0.25) is 0 Å². The Hall–Kier alpha value is -4.56. The van der Waals surface area contributed by atoms with Crippen molar-refractivity contribution in [2.24, 2.45) is 0 Å². The van der Waals surface area contributed by atoms with Gasteiger partial charge >= 0.3 is 0 Å². The van der Waals surface area contributed by atoms with Gasteiger partial charge in [-0.15, -0.1) is 0 Å². The number of fused-ring (bicyclic) bond motifs is 2. The van der Waals surface area contributed by atoms with E-state index in [9.17, 15) is 30.6 Å². The predicted octanol–water partition coefficient (Wildman–Crippen LogP) is 4.91. The summed E-state index contributed by atoms with van der Waals surface area (Å²) >= 11 is 0. The van der Waals surface area contributed by atoms with Gasteiger partial charge in [0.25, 0.3) is 0 Å². The molecule has 2 aliphatic heterocycles. The molecule has 0 saturated carbocycles. The molecular formula is C30H26O8. The molecule has 0 saturated heterocycles. The van der Waals surface area contributed by atoms with Gasteiger partial charge in [-0.2, -0.15) is 0 Å². The molecule has 2 aliphatic rings. The van der Waals surface area contributed by atoms with Crippen LogP contribution in [0.15, 0.2) is 72.8 Å². The number of benzene rings is 4. The Morgan fingerprint density at radius 1 is 0.658 bits per heavy atom. The molecule has 8 nitrogen and oxygen atoms in total. The fourth-order valence-electron chi connectivity index (χ4n) is 5.46. The predicted molar refractivity (Wildman–Crippen MR) is 137 cm³/mol.